The van der Waals surface area contributed by atoms with Crippen LogP contribution >= 0.6 is 7.82 Å². The summed E-state index contributed by atoms with van der Waals surface area (Å²) in [6.45, 7) is 0. The van der Waals surface area contributed by atoms with Crippen molar-refractivity contribution >= 4 is 13.5 Å². The van der Waals surface area contributed by atoms with Crippen LogP contribution in [-0.4, -0.2) is 24.8 Å². The first-order chi connectivity index (χ1) is 11.6. The summed E-state index contributed by atoms with van der Waals surface area (Å²) < 4.78 is 33.7. The summed E-state index contributed by atoms with van der Waals surface area (Å²) in [6, 6.07) is 7.96. The lowest BCUT2D eigenvalue weighted by Gasteiger charge is -2.38. The summed E-state index contributed by atoms with van der Waals surface area (Å²) >= 11 is 0. The molecule has 7 heteroatoms. The third-order valence-electron chi connectivity index (χ3n) is 5.05. The molecule has 0 N–H and O–H groups in total. The van der Waals surface area contributed by atoms with Crippen molar-refractivity contribution < 1.29 is 22.9 Å². The average Bonchev–Trinajstić information content (AvgIpc) is 3.04. The Morgan fingerprint density at radius 2 is 2.00 bits per heavy atom. The van der Waals surface area contributed by atoms with E-state index in [0.717, 1.165) is 48.3 Å². The number of ether oxygens (including phenoxy) is 1. The van der Waals surface area contributed by atoms with Crippen molar-refractivity contribution in [2.24, 2.45) is 4.99 Å². The molecule has 5 aliphatic rings. The van der Waals surface area contributed by atoms with Crippen LogP contribution in [0.4, 0.5) is 0 Å². The zero-order valence-electron chi connectivity index (χ0n) is 13.4. The third-order valence-corrected chi connectivity index (χ3v) is 6.49. The predicted octanol–water partition coefficient (Wildman–Crippen LogP) is 3.77. The molecule has 3 fully saturated rings. The van der Waals surface area contributed by atoms with Crippen LogP contribution in [0.25, 0.3) is 0 Å². The van der Waals surface area contributed by atoms with Crippen LogP contribution in [0.2, 0.25) is 0 Å². The van der Waals surface area contributed by atoms with Crippen LogP contribution in [0, 0.1) is 0 Å². The summed E-state index contributed by atoms with van der Waals surface area (Å²) in [4.78, 5) is 4.70. The maximum atomic E-state index is 12.1. The molecule has 1 spiro atoms. The fourth-order valence-electron chi connectivity index (χ4n) is 3.93. The molecule has 1 aromatic carbocycles. The summed E-state index contributed by atoms with van der Waals surface area (Å²) in [6.07, 6.45) is 4.40. The summed E-state index contributed by atoms with van der Waals surface area (Å²) in [5.41, 5.74) is 4.50. The minimum absolute atomic E-state index is 0.432. The van der Waals surface area contributed by atoms with Gasteiger partial charge in [-0.2, -0.15) is 0 Å². The number of phosphoric ester groups is 1. The van der Waals surface area contributed by atoms with Gasteiger partial charge < -0.3 is 4.74 Å². The Kier molecular flexibility index (Phi) is 3.11. The van der Waals surface area contributed by atoms with Crippen molar-refractivity contribution in [3.63, 3.8) is 0 Å². The van der Waals surface area contributed by atoms with E-state index in [0.29, 0.717) is 6.42 Å². The second-order valence-electron chi connectivity index (χ2n) is 6.54. The van der Waals surface area contributed by atoms with Gasteiger partial charge in [-0.05, 0) is 54.5 Å². The molecule has 6 rings (SSSR count). The number of methoxy groups -OCH3 is 1. The van der Waals surface area contributed by atoms with E-state index in [1.54, 1.807) is 7.11 Å². The van der Waals surface area contributed by atoms with E-state index in [-0.39, 0.29) is 0 Å². The van der Waals surface area contributed by atoms with Crippen LogP contribution in [0.15, 0.2) is 40.4 Å². The van der Waals surface area contributed by atoms with E-state index in [4.69, 9.17) is 23.3 Å². The van der Waals surface area contributed by atoms with E-state index < -0.39 is 19.8 Å². The molecule has 0 aromatic heterocycles. The van der Waals surface area contributed by atoms with Gasteiger partial charge in [0.1, 0.15) is 5.75 Å². The van der Waals surface area contributed by atoms with Crippen LogP contribution in [0.1, 0.15) is 31.2 Å². The first kappa shape index (κ1) is 14.8. The smallest absolute Gasteiger partial charge is 0.483 e. The molecule has 24 heavy (non-hydrogen) atoms. The zero-order valence-corrected chi connectivity index (χ0v) is 14.3. The number of rotatable bonds is 3. The van der Waals surface area contributed by atoms with E-state index >= 15 is 0 Å². The largest absolute Gasteiger partial charge is 0.497 e. The van der Waals surface area contributed by atoms with Gasteiger partial charge in [0.25, 0.3) is 0 Å². The van der Waals surface area contributed by atoms with Crippen LogP contribution in [0.5, 0.6) is 5.75 Å². The average molecular weight is 347 g/mol. The van der Waals surface area contributed by atoms with Crippen molar-refractivity contribution in [3.05, 3.63) is 41.0 Å². The maximum absolute atomic E-state index is 12.1. The monoisotopic (exact) mass is 347 g/mol. The molecule has 1 aliphatic carbocycles. The lowest BCUT2D eigenvalue weighted by Crippen LogP contribution is -2.47. The Hall–Kier alpha value is -1.46. The maximum Gasteiger partial charge on any atom is 0.483 e. The van der Waals surface area contributed by atoms with Crippen LogP contribution in [0.3, 0.4) is 0 Å². The summed E-state index contributed by atoms with van der Waals surface area (Å²) in [5.74, 6) is -0.371. The molecule has 2 bridgehead atoms. The van der Waals surface area contributed by atoms with Gasteiger partial charge in [0, 0.05) is 12.1 Å². The minimum atomic E-state index is -3.36. The second-order valence-corrected chi connectivity index (χ2v) is 8.01. The highest BCUT2D eigenvalue weighted by atomic mass is 31.2. The lowest BCUT2D eigenvalue weighted by molar-refractivity contribution is -0.171. The molecule has 1 atom stereocenters. The quantitative estimate of drug-likeness (QED) is 0.779. The fourth-order valence-corrected chi connectivity index (χ4v) is 5.46. The molecular formula is C17H18NO5P. The van der Waals surface area contributed by atoms with E-state index in [9.17, 15) is 4.57 Å². The molecule has 6 nitrogen and oxygen atoms in total. The highest BCUT2D eigenvalue weighted by molar-refractivity contribution is 7.50. The summed E-state index contributed by atoms with van der Waals surface area (Å²) in [7, 11) is -1.70. The van der Waals surface area contributed by atoms with Crippen LogP contribution in [-0.2, 0) is 24.6 Å². The highest BCUT2D eigenvalue weighted by Gasteiger charge is 2.74. The number of hydrogen-bond donors (Lipinski definition) is 0. The van der Waals surface area contributed by atoms with Crippen molar-refractivity contribution in [3.8, 4) is 5.75 Å². The molecular weight excluding hydrogens is 329 g/mol. The first-order valence-electron chi connectivity index (χ1n) is 8.25. The van der Waals surface area contributed by atoms with Gasteiger partial charge in [-0.1, -0.05) is 12.1 Å². The van der Waals surface area contributed by atoms with Gasteiger partial charge in [-0.25, -0.2) is 18.6 Å². The van der Waals surface area contributed by atoms with Gasteiger partial charge >= 0.3 is 13.7 Å². The van der Waals surface area contributed by atoms with Crippen LogP contribution < -0.4 is 4.74 Å². The molecule has 4 heterocycles. The standard InChI is InChI=1S/C17H18NO5P/c1-20-12-8-6-11(7-9-12)10-15-13-4-2-3-5-14(13)16-17(18-15)22-24(19,21-16)23-17/h6-9,16H,2-5,10H2,1H3. The Morgan fingerprint density at radius 3 is 2.75 bits per heavy atom. The molecule has 0 radical (unpaired) electrons. The molecule has 1 unspecified atom stereocenters. The number of allylic oxidation sites excluding steroid dienone is 1. The van der Waals surface area contributed by atoms with Crippen molar-refractivity contribution in [1.82, 2.24) is 0 Å². The second kappa shape index (κ2) is 5.02. The molecule has 4 aliphatic heterocycles. The normalized spacial score (nSPS) is 36.5. The van der Waals surface area contributed by atoms with Gasteiger partial charge in [-0.3, -0.25) is 4.52 Å². The van der Waals surface area contributed by atoms with Gasteiger partial charge in [-0.15, -0.1) is 0 Å². The number of phosphoric acid groups is 1. The summed E-state index contributed by atoms with van der Waals surface area (Å²) in [5, 5.41) is 0. The van der Waals surface area contributed by atoms with Crippen molar-refractivity contribution in [2.75, 3.05) is 7.11 Å². The number of hydrogen-bond acceptors (Lipinski definition) is 6. The van der Waals surface area contributed by atoms with Gasteiger partial charge in [0.05, 0.1) is 7.11 Å². The Balaban J connectivity index is 1.51. The number of aliphatic imine (C=N–C) groups is 1. The molecule has 0 saturated carbocycles. The Bertz CT molecular complexity index is 803. The lowest BCUT2D eigenvalue weighted by atomic mass is 9.81. The highest BCUT2D eigenvalue weighted by Crippen LogP contribution is 2.76. The van der Waals surface area contributed by atoms with E-state index in [2.05, 4.69) is 0 Å². The van der Waals surface area contributed by atoms with E-state index in [1.165, 1.54) is 5.57 Å². The zero-order chi connectivity index (χ0) is 16.4. The Labute approximate surface area is 140 Å². The molecule has 0 amide bonds. The number of nitrogens with zero attached hydrogens (tertiary/aromatic N) is 1. The first-order valence-corrected chi connectivity index (χ1v) is 9.71. The topological polar surface area (TPSA) is 66.4 Å². The van der Waals surface area contributed by atoms with E-state index in [1.807, 2.05) is 24.3 Å². The third kappa shape index (κ3) is 2.07. The molecule has 1 aromatic rings. The number of benzene rings is 1. The molecule has 3 saturated heterocycles. The van der Waals surface area contributed by atoms with Gasteiger partial charge in [0.2, 0.25) is 0 Å². The van der Waals surface area contributed by atoms with Gasteiger partial charge in [0.15, 0.2) is 6.10 Å². The minimum Gasteiger partial charge on any atom is -0.497 e. The van der Waals surface area contributed by atoms with Crippen molar-refractivity contribution in [1.29, 1.82) is 0 Å². The predicted molar refractivity (Wildman–Crippen MR) is 87.0 cm³/mol. The van der Waals surface area contributed by atoms with Crippen molar-refractivity contribution in [2.45, 2.75) is 44.1 Å². The Morgan fingerprint density at radius 1 is 1.25 bits per heavy atom. The number of dihydropyridines is 1. The fraction of sp³-hybridized carbons (Fsp3) is 0.471. The SMILES string of the molecule is COc1ccc(CC2=NC34OP(=O)(OC3C3=C2CCCC3)O4)cc1. The molecule has 126 valence electrons.